The Hall–Kier alpha value is -2.25. The molecular weight excluding hydrogens is 152 g/mol. The van der Waals surface area contributed by atoms with Crippen molar-refractivity contribution in [2.45, 2.75) is 6.92 Å². The van der Waals surface area contributed by atoms with Crippen LogP contribution >= 0.6 is 0 Å². The number of rotatable bonds is 2. The third-order valence-electron chi connectivity index (χ3n) is 0.966. The topological polar surface area (TPSA) is 83.4 Å². The smallest absolute Gasteiger partial charge is 0.145 e. The summed E-state index contributed by atoms with van der Waals surface area (Å²) in [7, 11) is 0. The van der Waals surface area contributed by atoms with E-state index < -0.39 is 0 Å². The number of allylic oxidation sites excluding steroid dienone is 3. The molecule has 0 spiro atoms. The molecule has 0 unspecified atom stereocenters. The fourth-order valence-electron chi connectivity index (χ4n) is 0.414. The van der Waals surface area contributed by atoms with E-state index in [2.05, 4.69) is 5.32 Å². The van der Waals surface area contributed by atoms with Gasteiger partial charge in [0.15, 0.2) is 0 Å². The Balaban J connectivity index is 4.28. The average molecular weight is 158 g/mol. The highest BCUT2D eigenvalue weighted by Gasteiger charge is 1.89. The minimum Gasteiger partial charge on any atom is -0.363 e. The molecule has 4 nitrogen and oxygen atoms in total. The van der Waals surface area contributed by atoms with E-state index in [1.165, 1.54) is 12.3 Å². The molecule has 0 heterocycles. The Kier molecular flexibility index (Phi) is 4.49. The van der Waals surface area contributed by atoms with E-state index in [0.29, 0.717) is 5.70 Å². The second-order valence-electron chi connectivity index (χ2n) is 1.88. The summed E-state index contributed by atoms with van der Waals surface area (Å²) in [6.45, 7) is 1.66. The fraction of sp³-hybridized carbons (Fsp3) is 0.125. The van der Waals surface area contributed by atoms with Crippen LogP contribution in [0.3, 0.4) is 0 Å². The first-order valence-corrected chi connectivity index (χ1v) is 3.08. The van der Waals surface area contributed by atoms with Crippen molar-refractivity contribution >= 4 is 0 Å². The van der Waals surface area contributed by atoms with Crippen molar-refractivity contribution in [2.24, 2.45) is 0 Å². The largest absolute Gasteiger partial charge is 0.363 e. The van der Waals surface area contributed by atoms with E-state index in [4.69, 9.17) is 15.8 Å². The molecule has 0 saturated carbocycles. The molecule has 1 N–H and O–H groups in total. The molecule has 0 bridgehead atoms. The van der Waals surface area contributed by atoms with Gasteiger partial charge in [-0.25, -0.2) is 0 Å². The summed E-state index contributed by atoms with van der Waals surface area (Å²) in [5.41, 5.74) is 0.557. The van der Waals surface area contributed by atoms with Crippen LogP contribution < -0.4 is 5.32 Å². The van der Waals surface area contributed by atoms with Crippen molar-refractivity contribution in [3.05, 3.63) is 23.5 Å². The second-order valence-corrected chi connectivity index (χ2v) is 1.88. The summed E-state index contributed by atoms with van der Waals surface area (Å²) in [4.78, 5) is 0. The van der Waals surface area contributed by atoms with E-state index >= 15 is 0 Å². The van der Waals surface area contributed by atoms with E-state index in [1.807, 2.05) is 6.07 Å². The number of nitriles is 3. The van der Waals surface area contributed by atoms with Crippen LogP contribution in [-0.4, -0.2) is 0 Å². The molecule has 0 aromatic carbocycles. The van der Waals surface area contributed by atoms with Crippen molar-refractivity contribution in [1.82, 2.24) is 5.32 Å². The van der Waals surface area contributed by atoms with Crippen molar-refractivity contribution in [2.75, 3.05) is 0 Å². The summed E-state index contributed by atoms with van der Waals surface area (Å²) < 4.78 is 0. The second kappa shape index (κ2) is 5.53. The maximum Gasteiger partial charge on any atom is 0.145 e. The predicted octanol–water partition coefficient (Wildman–Crippen LogP) is 0.934. The van der Waals surface area contributed by atoms with E-state index in [-0.39, 0.29) is 5.57 Å². The quantitative estimate of drug-likeness (QED) is 0.606. The number of hydrogen-bond donors (Lipinski definition) is 1. The highest BCUT2D eigenvalue weighted by Crippen LogP contribution is 1.89. The van der Waals surface area contributed by atoms with Gasteiger partial charge in [0.1, 0.15) is 17.7 Å². The van der Waals surface area contributed by atoms with Crippen molar-refractivity contribution < 1.29 is 0 Å². The molecule has 0 aliphatic rings. The molecule has 0 fully saturated rings. The molecular formula is C8H6N4. The molecule has 58 valence electrons. The van der Waals surface area contributed by atoms with Gasteiger partial charge in [-0.3, -0.25) is 0 Å². The predicted molar refractivity (Wildman–Crippen MR) is 41.8 cm³/mol. The first-order chi connectivity index (χ1) is 5.74. The monoisotopic (exact) mass is 158 g/mol. The van der Waals surface area contributed by atoms with Crippen LogP contribution in [0.4, 0.5) is 0 Å². The maximum atomic E-state index is 8.30. The van der Waals surface area contributed by atoms with Crippen molar-refractivity contribution in [3.8, 4) is 18.2 Å². The van der Waals surface area contributed by atoms with Gasteiger partial charge in [0.05, 0.1) is 6.07 Å². The molecule has 0 amide bonds. The van der Waals surface area contributed by atoms with Crippen LogP contribution in [0.5, 0.6) is 0 Å². The van der Waals surface area contributed by atoms with Gasteiger partial charge in [0.25, 0.3) is 0 Å². The van der Waals surface area contributed by atoms with Crippen LogP contribution in [0, 0.1) is 34.0 Å². The lowest BCUT2D eigenvalue weighted by Crippen LogP contribution is -2.01. The SMILES string of the molecule is C/C(=C\C#N)NC=C(C#N)C#N. The lowest BCUT2D eigenvalue weighted by atomic mass is 10.3. The zero-order valence-electron chi connectivity index (χ0n) is 6.50. The Morgan fingerprint density at radius 1 is 1.25 bits per heavy atom. The summed E-state index contributed by atoms with van der Waals surface area (Å²) in [5.74, 6) is 0. The van der Waals surface area contributed by atoms with Gasteiger partial charge in [0.2, 0.25) is 0 Å². The van der Waals surface area contributed by atoms with Crippen molar-refractivity contribution in [1.29, 1.82) is 15.8 Å². The van der Waals surface area contributed by atoms with Gasteiger partial charge < -0.3 is 5.32 Å². The first kappa shape index (κ1) is 9.75. The molecule has 0 aromatic rings. The Morgan fingerprint density at radius 3 is 2.25 bits per heavy atom. The average Bonchev–Trinajstić information content (AvgIpc) is 2.07. The summed E-state index contributed by atoms with van der Waals surface area (Å²) in [5, 5.41) is 27.4. The highest BCUT2D eigenvalue weighted by atomic mass is 14.8. The van der Waals surface area contributed by atoms with Gasteiger partial charge in [-0.15, -0.1) is 0 Å². The first-order valence-electron chi connectivity index (χ1n) is 3.08. The Bertz CT molecular complexity index is 314. The van der Waals surface area contributed by atoms with Crippen LogP contribution in [0.2, 0.25) is 0 Å². The molecule has 0 rings (SSSR count). The van der Waals surface area contributed by atoms with Crippen LogP contribution in [0.15, 0.2) is 23.5 Å². The highest BCUT2D eigenvalue weighted by molar-refractivity contribution is 5.35. The Labute approximate surface area is 70.6 Å². The Morgan fingerprint density at radius 2 is 1.83 bits per heavy atom. The number of nitrogens with one attached hydrogen (secondary N) is 1. The standard InChI is InChI=1S/C8H6N4/c1-7(2-3-9)12-6-8(4-10)5-11/h2,6,12H,1H3/b7-2+. The summed E-state index contributed by atoms with van der Waals surface area (Å²) in [6, 6.07) is 5.16. The third kappa shape index (κ3) is 3.71. The van der Waals surface area contributed by atoms with Gasteiger partial charge in [-0.1, -0.05) is 0 Å². The van der Waals surface area contributed by atoms with Gasteiger partial charge >= 0.3 is 0 Å². The zero-order chi connectivity index (χ0) is 9.40. The number of nitrogens with zero attached hydrogens (tertiary/aromatic N) is 3. The molecule has 4 heteroatoms. The minimum atomic E-state index is -0.0271. The van der Waals surface area contributed by atoms with Crippen LogP contribution in [0.25, 0.3) is 0 Å². The van der Waals surface area contributed by atoms with Gasteiger partial charge in [0, 0.05) is 18.0 Å². The van der Waals surface area contributed by atoms with E-state index in [9.17, 15) is 0 Å². The molecule has 0 saturated heterocycles. The summed E-state index contributed by atoms with van der Waals surface area (Å²) in [6.07, 6.45) is 2.53. The number of hydrogen-bond acceptors (Lipinski definition) is 4. The maximum absolute atomic E-state index is 8.30. The normalized spacial score (nSPS) is 8.67. The third-order valence-corrected chi connectivity index (χ3v) is 0.966. The molecule has 0 atom stereocenters. The minimum absolute atomic E-state index is 0.0271. The summed E-state index contributed by atoms with van der Waals surface area (Å²) >= 11 is 0. The van der Waals surface area contributed by atoms with Crippen molar-refractivity contribution in [3.63, 3.8) is 0 Å². The molecule has 12 heavy (non-hydrogen) atoms. The fourth-order valence-corrected chi connectivity index (χ4v) is 0.414. The molecule has 0 radical (unpaired) electrons. The molecule has 0 aliphatic carbocycles. The van der Waals surface area contributed by atoms with Gasteiger partial charge in [-0.05, 0) is 6.92 Å². The van der Waals surface area contributed by atoms with Gasteiger partial charge in [-0.2, -0.15) is 15.8 Å². The lowest BCUT2D eigenvalue weighted by Gasteiger charge is -1.94. The zero-order valence-corrected chi connectivity index (χ0v) is 6.50. The van der Waals surface area contributed by atoms with Crippen LogP contribution in [0.1, 0.15) is 6.92 Å². The lowest BCUT2D eigenvalue weighted by molar-refractivity contribution is 1.05. The molecule has 0 aromatic heterocycles. The molecule has 0 aliphatic heterocycles. The van der Waals surface area contributed by atoms with Crippen LogP contribution in [-0.2, 0) is 0 Å². The van der Waals surface area contributed by atoms with E-state index in [0.717, 1.165) is 0 Å². The van der Waals surface area contributed by atoms with E-state index in [1.54, 1.807) is 19.1 Å².